The number of ether oxygens (including phenoxy) is 1. The molecular weight excluding hydrogens is 415 g/mol. The molecule has 2 heterocycles. The first kappa shape index (κ1) is 20.2. The van der Waals surface area contributed by atoms with Gasteiger partial charge in [0.1, 0.15) is 18.2 Å². The molecule has 2 fully saturated rings. The van der Waals surface area contributed by atoms with E-state index in [4.69, 9.17) is 16.3 Å². The van der Waals surface area contributed by atoms with Crippen LogP contribution >= 0.6 is 11.6 Å². The molecule has 3 amide bonds. The molecule has 0 radical (unpaired) electrons. The van der Waals surface area contributed by atoms with Crippen LogP contribution in [-0.4, -0.2) is 42.5 Å². The summed E-state index contributed by atoms with van der Waals surface area (Å²) in [5.74, 6) is -2.38. The minimum atomic E-state index is -0.660. The van der Waals surface area contributed by atoms with Crippen molar-refractivity contribution in [2.24, 2.45) is 11.8 Å². The van der Waals surface area contributed by atoms with Crippen LogP contribution in [0.4, 0.5) is 21.6 Å². The average molecular weight is 433 g/mol. The second-order valence-corrected chi connectivity index (χ2v) is 7.49. The molecule has 4 rings (SSSR count). The van der Waals surface area contributed by atoms with Crippen molar-refractivity contribution in [2.45, 2.75) is 6.42 Å². The van der Waals surface area contributed by atoms with Crippen LogP contribution in [0.1, 0.15) is 6.42 Å². The molecule has 1 aromatic carbocycles. The summed E-state index contributed by atoms with van der Waals surface area (Å²) in [7, 11) is 0. The molecule has 1 saturated carbocycles. The molecule has 1 aromatic heterocycles. The van der Waals surface area contributed by atoms with Crippen molar-refractivity contribution in [3.63, 3.8) is 0 Å². The Kier molecular flexibility index (Phi) is 5.65. The molecule has 8 nitrogen and oxygen atoms in total. The number of hydrogen-bond acceptors (Lipinski definition) is 5. The number of rotatable bonds is 5. The van der Waals surface area contributed by atoms with E-state index < -0.39 is 23.6 Å². The van der Waals surface area contributed by atoms with Gasteiger partial charge in [-0.15, -0.1) is 0 Å². The number of carbonyl (C=O) groups is 3. The van der Waals surface area contributed by atoms with Crippen LogP contribution in [0, 0.1) is 17.7 Å². The molecular formula is C20H18ClFN4O4. The minimum Gasteiger partial charge on any atom is -0.370 e. The number of carbonyl (C=O) groups excluding carboxylic acids is 3. The largest absolute Gasteiger partial charge is 0.370 e. The summed E-state index contributed by atoms with van der Waals surface area (Å²) in [4.78, 5) is 42.0. The van der Waals surface area contributed by atoms with Crippen LogP contribution in [0.3, 0.4) is 0 Å². The maximum absolute atomic E-state index is 14.5. The van der Waals surface area contributed by atoms with Crippen LogP contribution in [0.2, 0.25) is 5.02 Å². The molecule has 0 bridgehead atoms. The maximum Gasteiger partial charge on any atom is 0.253 e. The molecule has 2 atom stereocenters. The summed E-state index contributed by atoms with van der Waals surface area (Å²) in [6, 6.07) is 7.32. The molecule has 0 spiro atoms. The van der Waals surface area contributed by atoms with E-state index in [0.717, 1.165) is 0 Å². The lowest BCUT2D eigenvalue weighted by Gasteiger charge is -2.27. The summed E-state index contributed by atoms with van der Waals surface area (Å²) >= 11 is 5.75. The third kappa shape index (κ3) is 4.42. The Bertz CT molecular complexity index is 1000. The van der Waals surface area contributed by atoms with Crippen LogP contribution < -0.4 is 15.5 Å². The van der Waals surface area contributed by atoms with Crippen LogP contribution in [0.25, 0.3) is 0 Å². The molecule has 2 aromatic rings. The van der Waals surface area contributed by atoms with Crippen molar-refractivity contribution < 1.29 is 23.5 Å². The van der Waals surface area contributed by atoms with Crippen LogP contribution in [0.5, 0.6) is 0 Å². The summed E-state index contributed by atoms with van der Waals surface area (Å²) in [5.41, 5.74) is 0.396. The Balaban J connectivity index is 1.34. The number of anilines is 3. The quantitative estimate of drug-likeness (QED) is 0.755. The summed E-state index contributed by atoms with van der Waals surface area (Å²) < 4.78 is 19.5. The topological polar surface area (TPSA) is 101 Å². The third-order valence-electron chi connectivity index (χ3n) is 4.95. The Morgan fingerprint density at radius 1 is 1.17 bits per heavy atom. The van der Waals surface area contributed by atoms with E-state index in [2.05, 4.69) is 15.6 Å². The van der Waals surface area contributed by atoms with Gasteiger partial charge < -0.3 is 20.3 Å². The predicted molar refractivity (Wildman–Crippen MR) is 108 cm³/mol. The Morgan fingerprint density at radius 3 is 2.60 bits per heavy atom. The summed E-state index contributed by atoms with van der Waals surface area (Å²) in [6.07, 6.45) is 1.78. The summed E-state index contributed by atoms with van der Waals surface area (Å²) in [5, 5.41) is 5.59. The number of halogens is 2. The third-order valence-corrected chi connectivity index (χ3v) is 5.17. The van der Waals surface area contributed by atoms with Gasteiger partial charge in [0.25, 0.3) is 5.91 Å². The molecule has 10 heteroatoms. The Morgan fingerprint density at radius 2 is 1.93 bits per heavy atom. The van der Waals surface area contributed by atoms with Gasteiger partial charge in [-0.2, -0.15) is 0 Å². The molecule has 1 saturated heterocycles. The maximum atomic E-state index is 14.5. The van der Waals surface area contributed by atoms with Crippen molar-refractivity contribution in [1.82, 2.24) is 4.98 Å². The van der Waals surface area contributed by atoms with Crippen molar-refractivity contribution in [2.75, 3.05) is 35.3 Å². The highest BCUT2D eigenvalue weighted by molar-refractivity contribution is 6.30. The molecule has 1 aliphatic heterocycles. The number of pyridine rings is 1. The number of morpholine rings is 1. The van der Waals surface area contributed by atoms with Gasteiger partial charge in [-0.05, 0) is 36.8 Å². The fraction of sp³-hybridized carbons (Fsp3) is 0.300. The smallest absolute Gasteiger partial charge is 0.253 e. The lowest BCUT2D eigenvalue weighted by Crippen LogP contribution is -2.41. The van der Waals surface area contributed by atoms with E-state index in [-0.39, 0.29) is 24.1 Å². The zero-order chi connectivity index (χ0) is 21.3. The number of aromatic nitrogens is 1. The fourth-order valence-corrected chi connectivity index (χ4v) is 3.34. The lowest BCUT2D eigenvalue weighted by atomic mass is 10.2. The zero-order valence-electron chi connectivity index (χ0n) is 15.7. The van der Waals surface area contributed by atoms with Gasteiger partial charge in [-0.1, -0.05) is 11.6 Å². The van der Waals surface area contributed by atoms with E-state index in [1.54, 1.807) is 18.2 Å². The van der Waals surface area contributed by atoms with Crippen molar-refractivity contribution in [1.29, 1.82) is 0 Å². The van der Waals surface area contributed by atoms with E-state index in [1.807, 2.05) is 0 Å². The summed E-state index contributed by atoms with van der Waals surface area (Å²) in [6.45, 7) is 0.671. The van der Waals surface area contributed by atoms with Gasteiger partial charge in [-0.25, -0.2) is 9.37 Å². The predicted octanol–water partition coefficient (Wildman–Crippen LogP) is 2.45. The highest BCUT2D eigenvalue weighted by atomic mass is 35.5. The van der Waals surface area contributed by atoms with Crippen molar-refractivity contribution >= 4 is 46.5 Å². The number of nitrogens with zero attached hydrogens (tertiary/aromatic N) is 2. The minimum absolute atomic E-state index is 0.00474. The molecule has 30 heavy (non-hydrogen) atoms. The number of amides is 3. The van der Waals surface area contributed by atoms with E-state index in [0.29, 0.717) is 36.1 Å². The first-order valence-electron chi connectivity index (χ1n) is 9.33. The van der Waals surface area contributed by atoms with E-state index in [1.165, 1.54) is 23.2 Å². The standard InChI is InChI=1S/C20H18ClFN4O4/c21-11-1-4-17(23-9-11)25-20(29)14-8-13(14)19(28)24-16-3-2-12(7-15(16)22)26-5-6-30-10-18(26)27/h1-4,7,9,13-14H,5-6,8,10H2,(H,24,28)(H,23,25,29). The Labute approximate surface area is 176 Å². The fourth-order valence-electron chi connectivity index (χ4n) is 3.23. The average Bonchev–Trinajstić information content (AvgIpc) is 3.53. The molecule has 2 unspecified atom stereocenters. The molecule has 2 aliphatic rings. The van der Waals surface area contributed by atoms with Gasteiger partial charge in [0.05, 0.1) is 29.2 Å². The zero-order valence-corrected chi connectivity index (χ0v) is 16.5. The monoisotopic (exact) mass is 432 g/mol. The molecule has 156 valence electrons. The number of benzene rings is 1. The Hall–Kier alpha value is -3.04. The first-order chi connectivity index (χ1) is 14.4. The second-order valence-electron chi connectivity index (χ2n) is 7.05. The SMILES string of the molecule is O=C(Nc1ccc(Cl)cn1)C1CC1C(=O)Nc1ccc(N2CCOCC2=O)cc1F. The van der Waals surface area contributed by atoms with Gasteiger partial charge in [0.15, 0.2) is 0 Å². The van der Waals surface area contributed by atoms with E-state index in [9.17, 15) is 18.8 Å². The van der Waals surface area contributed by atoms with Crippen molar-refractivity contribution in [3.05, 3.63) is 47.4 Å². The van der Waals surface area contributed by atoms with Gasteiger partial charge >= 0.3 is 0 Å². The van der Waals surface area contributed by atoms with Gasteiger partial charge in [0.2, 0.25) is 11.8 Å². The normalized spacial score (nSPS) is 20.6. The second kappa shape index (κ2) is 8.37. The molecule has 1 aliphatic carbocycles. The number of nitrogens with one attached hydrogen (secondary N) is 2. The highest BCUT2D eigenvalue weighted by Gasteiger charge is 2.48. The molecule has 2 N–H and O–H groups in total. The first-order valence-corrected chi connectivity index (χ1v) is 9.71. The van der Waals surface area contributed by atoms with Crippen LogP contribution in [0.15, 0.2) is 36.5 Å². The van der Waals surface area contributed by atoms with Crippen molar-refractivity contribution in [3.8, 4) is 0 Å². The van der Waals surface area contributed by atoms with Gasteiger partial charge in [-0.3, -0.25) is 14.4 Å². The highest BCUT2D eigenvalue weighted by Crippen LogP contribution is 2.40. The van der Waals surface area contributed by atoms with E-state index >= 15 is 0 Å². The van der Waals surface area contributed by atoms with Gasteiger partial charge in [0, 0.05) is 18.4 Å². The number of hydrogen-bond donors (Lipinski definition) is 2. The van der Waals surface area contributed by atoms with Crippen LogP contribution in [-0.2, 0) is 19.1 Å². The lowest BCUT2D eigenvalue weighted by molar-refractivity contribution is -0.125.